The predicted molar refractivity (Wildman–Crippen MR) is 111 cm³/mol. The Morgan fingerprint density at radius 2 is 2.07 bits per heavy atom. The number of hydrogen-bond donors (Lipinski definition) is 2. The van der Waals surface area contributed by atoms with Crippen LogP contribution in [-0.2, 0) is 18.4 Å². The molecule has 1 unspecified atom stereocenters. The van der Waals surface area contributed by atoms with Gasteiger partial charge in [0.2, 0.25) is 5.82 Å². The van der Waals surface area contributed by atoms with Gasteiger partial charge in [0.25, 0.3) is 5.91 Å². The summed E-state index contributed by atoms with van der Waals surface area (Å²) < 4.78 is 1.85. The van der Waals surface area contributed by atoms with Crippen molar-refractivity contribution in [2.24, 2.45) is 5.73 Å². The molecule has 0 saturated heterocycles. The number of rotatable bonds is 5. The number of nitrogens with two attached hydrogens (primary N) is 1. The molecule has 1 amide bonds. The molecule has 0 spiro atoms. The second-order valence-electron chi connectivity index (χ2n) is 8.37. The molecule has 2 heterocycles. The van der Waals surface area contributed by atoms with Gasteiger partial charge in [-0.15, -0.1) is 10.2 Å². The van der Waals surface area contributed by atoms with Gasteiger partial charge < -0.3 is 20.3 Å². The fourth-order valence-electron chi connectivity index (χ4n) is 4.83. The molecule has 1 fully saturated rings. The minimum absolute atomic E-state index is 0.0615. The quantitative estimate of drug-likeness (QED) is 0.776. The Hall–Kier alpha value is -1.96. The number of fused-ring (bicyclic) bond motifs is 1. The molecule has 0 bridgehead atoms. The molecular weight excluding hydrogens is 390 g/mol. The molecule has 2 aliphatic rings. The summed E-state index contributed by atoms with van der Waals surface area (Å²) in [5.41, 5.74) is 7.33. The number of aliphatic hydroxyl groups is 1. The molecule has 7 nitrogen and oxygen atoms in total. The first kappa shape index (κ1) is 20.3. The Labute approximate surface area is 175 Å². The van der Waals surface area contributed by atoms with Crippen molar-refractivity contribution in [3.8, 4) is 0 Å². The first-order valence-electron chi connectivity index (χ1n) is 10.3. The predicted octanol–water partition coefficient (Wildman–Crippen LogP) is 2.15. The number of hydrogen-bond acceptors (Lipinski definition) is 5. The van der Waals surface area contributed by atoms with Gasteiger partial charge in [0, 0.05) is 42.5 Å². The maximum atomic E-state index is 13.1. The number of carbonyl (C=O) groups excluding carboxylic acids is 1. The standard InChI is InChI=1S/C21H28ClN5O2/c1-14(28)11-18-24-25-19-20(29)26(9-10-27(18)19)17-5-7-21(13-23,8-6-17)15-3-2-4-16(22)12-15/h2-4,12,14,17,28H,5-11,13,23H2,1H3/t14?,17-,21-. The van der Waals surface area contributed by atoms with Gasteiger partial charge in [0.1, 0.15) is 5.82 Å². The van der Waals surface area contributed by atoms with E-state index in [2.05, 4.69) is 16.3 Å². The zero-order chi connectivity index (χ0) is 20.6. The first-order chi connectivity index (χ1) is 13.9. The summed E-state index contributed by atoms with van der Waals surface area (Å²) >= 11 is 6.21. The highest BCUT2D eigenvalue weighted by Gasteiger charge is 2.40. The summed E-state index contributed by atoms with van der Waals surface area (Å²) in [4.78, 5) is 15.0. The fraction of sp³-hybridized carbons (Fsp3) is 0.571. The zero-order valence-electron chi connectivity index (χ0n) is 16.7. The lowest BCUT2D eigenvalue weighted by Crippen LogP contribution is -2.51. The Morgan fingerprint density at radius 3 is 2.72 bits per heavy atom. The second-order valence-corrected chi connectivity index (χ2v) is 8.81. The molecule has 3 N–H and O–H groups in total. The third-order valence-corrected chi connectivity index (χ3v) is 6.74. The van der Waals surface area contributed by atoms with Gasteiger partial charge >= 0.3 is 0 Å². The van der Waals surface area contributed by atoms with Gasteiger partial charge in [0.15, 0.2) is 0 Å². The van der Waals surface area contributed by atoms with E-state index in [1.807, 2.05) is 27.7 Å². The summed E-state index contributed by atoms with van der Waals surface area (Å²) in [6.07, 6.45) is 3.57. The lowest BCUT2D eigenvalue weighted by molar-refractivity contribution is 0.0519. The van der Waals surface area contributed by atoms with Crippen molar-refractivity contribution in [3.63, 3.8) is 0 Å². The summed E-state index contributed by atoms with van der Waals surface area (Å²) in [6, 6.07) is 8.18. The van der Waals surface area contributed by atoms with Gasteiger partial charge in [-0.05, 0) is 50.3 Å². The molecule has 156 valence electrons. The van der Waals surface area contributed by atoms with Crippen LogP contribution in [0.4, 0.5) is 0 Å². The fourth-order valence-corrected chi connectivity index (χ4v) is 5.02. The van der Waals surface area contributed by atoms with Gasteiger partial charge in [0.05, 0.1) is 6.10 Å². The summed E-state index contributed by atoms with van der Waals surface area (Å²) in [5.74, 6) is 1.00. The third kappa shape index (κ3) is 3.79. The summed E-state index contributed by atoms with van der Waals surface area (Å²) in [7, 11) is 0. The van der Waals surface area contributed by atoms with Crippen molar-refractivity contribution in [3.05, 3.63) is 46.5 Å². The van der Waals surface area contributed by atoms with Crippen molar-refractivity contribution in [1.29, 1.82) is 0 Å². The summed E-state index contributed by atoms with van der Waals surface area (Å²) in [5, 5.41) is 18.6. The normalized spacial score (nSPS) is 25.7. The SMILES string of the molecule is CC(O)Cc1nnc2n1CCN([C@H]1CC[C@](CN)(c3cccc(Cl)c3)CC1)C2=O. The number of halogens is 1. The first-order valence-corrected chi connectivity index (χ1v) is 10.7. The highest BCUT2D eigenvalue weighted by Crippen LogP contribution is 2.41. The minimum atomic E-state index is -0.509. The Kier molecular flexibility index (Phi) is 5.64. The number of aliphatic hydroxyl groups excluding tert-OH is 1. The maximum absolute atomic E-state index is 13.1. The molecule has 1 atom stereocenters. The number of benzene rings is 1. The molecular formula is C21H28ClN5O2. The monoisotopic (exact) mass is 417 g/mol. The van der Waals surface area contributed by atoms with E-state index in [-0.39, 0.29) is 17.4 Å². The Bertz CT molecular complexity index is 889. The van der Waals surface area contributed by atoms with Gasteiger partial charge in [-0.25, -0.2) is 0 Å². The van der Waals surface area contributed by atoms with Crippen molar-refractivity contribution < 1.29 is 9.90 Å². The number of carbonyl (C=O) groups is 1. The van der Waals surface area contributed by atoms with Crippen molar-refractivity contribution >= 4 is 17.5 Å². The molecule has 8 heteroatoms. The average molecular weight is 418 g/mol. The maximum Gasteiger partial charge on any atom is 0.292 e. The molecule has 0 radical (unpaired) electrons. The summed E-state index contributed by atoms with van der Waals surface area (Å²) in [6.45, 7) is 3.60. The number of nitrogens with zero attached hydrogens (tertiary/aromatic N) is 4. The zero-order valence-corrected chi connectivity index (χ0v) is 17.5. The van der Waals surface area contributed by atoms with Gasteiger partial charge in [-0.3, -0.25) is 4.79 Å². The average Bonchev–Trinajstić information content (AvgIpc) is 3.11. The Morgan fingerprint density at radius 1 is 1.31 bits per heavy atom. The Balaban J connectivity index is 1.48. The highest BCUT2D eigenvalue weighted by atomic mass is 35.5. The van der Waals surface area contributed by atoms with E-state index in [1.165, 1.54) is 5.56 Å². The lowest BCUT2D eigenvalue weighted by Gasteiger charge is -2.44. The molecule has 4 rings (SSSR count). The largest absolute Gasteiger partial charge is 0.393 e. The molecule has 1 aromatic heterocycles. The van der Waals surface area contributed by atoms with Crippen LogP contribution in [0.3, 0.4) is 0 Å². The van der Waals surface area contributed by atoms with Crippen LogP contribution >= 0.6 is 11.6 Å². The third-order valence-electron chi connectivity index (χ3n) is 6.50. The van der Waals surface area contributed by atoms with E-state index in [1.54, 1.807) is 6.92 Å². The van der Waals surface area contributed by atoms with Crippen LogP contribution in [0.25, 0.3) is 0 Å². The van der Waals surface area contributed by atoms with E-state index >= 15 is 0 Å². The number of amides is 1. The van der Waals surface area contributed by atoms with Crippen molar-refractivity contribution in [1.82, 2.24) is 19.7 Å². The van der Waals surface area contributed by atoms with E-state index in [9.17, 15) is 9.90 Å². The number of aromatic nitrogens is 3. The van der Waals surface area contributed by atoms with Crippen LogP contribution in [0.5, 0.6) is 0 Å². The van der Waals surface area contributed by atoms with Gasteiger partial charge in [-0.1, -0.05) is 23.7 Å². The molecule has 1 aliphatic heterocycles. The molecule has 2 aromatic rings. The molecule has 29 heavy (non-hydrogen) atoms. The van der Waals surface area contributed by atoms with Gasteiger partial charge in [-0.2, -0.15) is 0 Å². The van der Waals surface area contributed by atoms with Crippen LogP contribution < -0.4 is 5.73 Å². The molecule has 1 aromatic carbocycles. The topological polar surface area (TPSA) is 97.3 Å². The minimum Gasteiger partial charge on any atom is -0.393 e. The van der Waals surface area contributed by atoms with E-state index in [0.717, 1.165) is 30.7 Å². The van der Waals surface area contributed by atoms with Crippen molar-refractivity contribution in [2.75, 3.05) is 13.1 Å². The second kappa shape index (κ2) is 8.05. The van der Waals surface area contributed by atoms with E-state index < -0.39 is 6.10 Å². The van der Waals surface area contributed by atoms with Crippen LogP contribution in [0, 0.1) is 0 Å². The van der Waals surface area contributed by atoms with Crippen LogP contribution in [0.2, 0.25) is 5.02 Å². The van der Waals surface area contributed by atoms with Crippen molar-refractivity contribution in [2.45, 2.75) is 63.1 Å². The highest BCUT2D eigenvalue weighted by molar-refractivity contribution is 6.30. The van der Waals surface area contributed by atoms with Crippen LogP contribution in [-0.4, -0.2) is 55.9 Å². The van der Waals surface area contributed by atoms with Crippen LogP contribution in [0.15, 0.2) is 24.3 Å². The van der Waals surface area contributed by atoms with E-state index in [4.69, 9.17) is 17.3 Å². The van der Waals surface area contributed by atoms with E-state index in [0.29, 0.717) is 37.7 Å². The lowest BCUT2D eigenvalue weighted by atomic mass is 9.68. The van der Waals surface area contributed by atoms with Crippen LogP contribution in [0.1, 0.15) is 54.6 Å². The molecule has 1 saturated carbocycles. The molecule has 1 aliphatic carbocycles. The smallest absolute Gasteiger partial charge is 0.292 e.